The van der Waals surface area contributed by atoms with Crippen molar-refractivity contribution < 1.29 is 19.4 Å². The molecular weight excluding hydrogens is 418 g/mol. The van der Waals surface area contributed by atoms with Crippen molar-refractivity contribution in [1.29, 1.82) is 0 Å². The molecule has 2 aromatic rings. The van der Waals surface area contributed by atoms with Crippen LogP contribution in [0, 0.1) is 5.92 Å². The van der Waals surface area contributed by atoms with Crippen molar-refractivity contribution in [2.75, 3.05) is 24.6 Å². The van der Waals surface area contributed by atoms with Crippen molar-refractivity contribution in [3.05, 3.63) is 59.2 Å². The number of carboxylic acid groups (broad SMARTS) is 1. The van der Waals surface area contributed by atoms with E-state index < -0.39 is 5.97 Å². The van der Waals surface area contributed by atoms with Crippen molar-refractivity contribution in [2.45, 2.75) is 58.9 Å². The molecule has 0 bridgehead atoms. The molecule has 3 rings (SSSR count). The summed E-state index contributed by atoms with van der Waals surface area (Å²) in [6.45, 7) is 8.61. The number of amides is 1. The number of nitrogens with one attached hydrogen (secondary N) is 1. The molecule has 0 aromatic heterocycles. The molecule has 178 valence electrons. The second-order valence-electron chi connectivity index (χ2n) is 9.10. The number of hydrogen-bond donors (Lipinski definition) is 2. The standard InChI is InChI=1S/C27H36N2O4/c1-4-33-25-17-20(12-13-22(25)27(31)32)18-26(30)28-23(16-19(2)3)21-10-6-7-11-24(21)29-14-8-5-9-15-29/h6-7,10-13,17,19,23H,4-5,8-9,14-16,18H2,1-3H3,(H,28,30)(H,31,32)/t23-/m0/s1/i27+2. The molecule has 1 fully saturated rings. The van der Waals surface area contributed by atoms with Crippen LogP contribution >= 0.6 is 0 Å². The maximum atomic E-state index is 13.1. The topological polar surface area (TPSA) is 78.9 Å². The molecule has 33 heavy (non-hydrogen) atoms. The van der Waals surface area contributed by atoms with E-state index in [2.05, 4.69) is 42.3 Å². The SMILES string of the molecule is CCOc1cc(CC(=O)N[C@@H](CC(C)C)c2ccccc2N2CCCCC2)ccc1[14C](=O)O. The molecule has 1 amide bonds. The lowest BCUT2D eigenvalue weighted by Crippen LogP contribution is -2.34. The van der Waals surface area contributed by atoms with Gasteiger partial charge in [-0.05, 0) is 67.9 Å². The van der Waals surface area contributed by atoms with E-state index in [-0.39, 0.29) is 23.9 Å². The number of piperidine rings is 1. The summed E-state index contributed by atoms with van der Waals surface area (Å²) < 4.78 is 5.49. The van der Waals surface area contributed by atoms with Gasteiger partial charge in [-0.3, -0.25) is 4.79 Å². The Morgan fingerprint density at radius 2 is 1.88 bits per heavy atom. The number of rotatable bonds is 10. The van der Waals surface area contributed by atoms with Gasteiger partial charge in [0, 0.05) is 18.8 Å². The summed E-state index contributed by atoms with van der Waals surface area (Å²) in [6, 6.07) is 13.2. The monoisotopic (exact) mass is 454 g/mol. The third-order valence-corrected chi connectivity index (χ3v) is 5.99. The van der Waals surface area contributed by atoms with Gasteiger partial charge >= 0.3 is 5.97 Å². The molecule has 2 N–H and O–H groups in total. The highest BCUT2D eigenvalue weighted by atomic mass is 16.6. The van der Waals surface area contributed by atoms with Gasteiger partial charge in [0.2, 0.25) is 5.91 Å². The summed E-state index contributed by atoms with van der Waals surface area (Å²) in [5.74, 6) is -0.408. The fourth-order valence-corrected chi connectivity index (χ4v) is 4.50. The van der Waals surface area contributed by atoms with Gasteiger partial charge in [0.25, 0.3) is 0 Å². The van der Waals surface area contributed by atoms with Gasteiger partial charge in [0.1, 0.15) is 11.3 Å². The molecular formula is C27H36N2O4. The largest absolute Gasteiger partial charge is 0.493 e. The zero-order valence-electron chi connectivity index (χ0n) is 20.0. The van der Waals surface area contributed by atoms with Crippen LogP contribution in [-0.2, 0) is 11.2 Å². The Hall–Kier alpha value is -3.02. The van der Waals surface area contributed by atoms with Crippen LogP contribution < -0.4 is 15.0 Å². The molecule has 0 spiro atoms. The molecule has 1 heterocycles. The molecule has 2 aromatic carbocycles. The van der Waals surface area contributed by atoms with Crippen LogP contribution in [0.25, 0.3) is 0 Å². The third kappa shape index (κ3) is 6.73. The number of benzene rings is 2. The number of carbonyl (C=O) groups is 2. The van der Waals surface area contributed by atoms with E-state index >= 15 is 0 Å². The Morgan fingerprint density at radius 3 is 2.55 bits per heavy atom. The first kappa shape index (κ1) is 24.6. The lowest BCUT2D eigenvalue weighted by atomic mass is 9.94. The van der Waals surface area contributed by atoms with Gasteiger partial charge in [0.05, 0.1) is 19.1 Å². The van der Waals surface area contributed by atoms with Crippen molar-refractivity contribution >= 4 is 17.6 Å². The second-order valence-corrected chi connectivity index (χ2v) is 9.10. The van der Waals surface area contributed by atoms with Gasteiger partial charge in [0.15, 0.2) is 0 Å². The number of hydrogen-bond acceptors (Lipinski definition) is 4. The minimum atomic E-state index is -1.04. The van der Waals surface area contributed by atoms with Crippen molar-refractivity contribution in [2.24, 2.45) is 5.92 Å². The Morgan fingerprint density at radius 1 is 1.15 bits per heavy atom. The van der Waals surface area contributed by atoms with Crippen molar-refractivity contribution in [3.8, 4) is 5.75 Å². The van der Waals surface area contributed by atoms with Crippen LogP contribution in [0.5, 0.6) is 5.75 Å². The average molecular weight is 455 g/mol. The van der Waals surface area contributed by atoms with Crippen LogP contribution in [0.3, 0.4) is 0 Å². The predicted molar refractivity (Wildman–Crippen MR) is 131 cm³/mol. The fourth-order valence-electron chi connectivity index (χ4n) is 4.50. The van der Waals surface area contributed by atoms with E-state index in [1.165, 1.54) is 31.0 Å². The van der Waals surface area contributed by atoms with Gasteiger partial charge in [-0.25, -0.2) is 4.79 Å². The highest BCUT2D eigenvalue weighted by Gasteiger charge is 2.23. The summed E-state index contributed by atoms with van der Waals surface area (Å²) >= 11 is 0. The van der Waals surface area contributed by atoms with Crippen LogP contribution in [-0.4, -0.2) is 36.7 Å². The number of anilines is 1. The van der Waals surface area contributed by atoms with Crippen LogP contribution in [0.1, 0.15) is 74.0 Å². The number of ether oxygens (including phenoxy) is 1. The lowest BCUT2D eigenvalue weighted by molar-refractivity contribution is -0.121. The first-order chi connectivity index (χ1) is 15.9. The minimum absolute atomic E-state index is 0.0831. The first-order valence-corrected chi connectivity index (χ1v) is 12.0. The second kappa shape index (κ2) is 11.7. The number of carbonyl (C=O) groups excluding carboxylic acids is 1. The lowest BCUT2D eigenvalue weighted by Gasteiger charge is -2.33. The van der Waals surface area contributed by atoms with Gasteiger partial charge in [-0.2, -0.15) is 0 Å². The van der Waals surface area contributed by atoms with E-state index in [0.29, 0.717) is 18.3 Å². The van der Waals surface area contributed by atoms with Crippen molar-refractivity contribution in [1.82, 2.24) is 5.32 Å². The van der Waals surface area contributed by atoms with E-state index in [4.69, 9.17) is 4.74 Å². The first-order valence-electron chi connectivity index (χ1n) is 12.0. The van der Waals surface area contributed by atoms with Gasteiger partial charge in [-0.1, -0.05) is 38.1 Å². The molecule has 1 saturated heterocycles. The molecule has 0 aliphatic carbocycles. The maximum Gasteiger partial charge on any atom is 0.339 e. The predicted octanol–water partition coefficient (Wildman–Crippen LogP) is 5.22. The van der Waals surface area contributed by atoms with Crippen molar-refractivity contribution in [3.63, 3.8) is 0 Å². The van der Waals surface area contributed by atoms with Crippen LogP contribution in [0.4, 0.5) is 5.69 Å². The fraction of sp³-hybridized carbons (Fsp3) is 0.481. The summed E-state index contributed by atoms with van der Waals surface area (Å²) in [5, 5.41) is 12.6. The number of para-hydroxylation sites is 1. The maximum absolute atomic E-state index is 13.1. The number of nitrogens with zero attached hydrogens (tertiary/aromatic N) is 1. The molecule has 0 saturated carbocycles. The molecule has 0 unspecified atom stereocenters. The third-order valence-electron chi connectivity index (χ3n) is 5.99. The summed E-state index contributed by atoms with van der Waals surface area (Å²) in [4.78, 5) is 26.9. The number of aromatic carboxylic acids is 1. The Balaban J connectivity index is 1.80. The Bertz CT molecular complexity index is 951. The molecule has 0 radical (unpaired) electrons. The highest BCUT2D eigenvalue weighted by Crippen LogP contribution is 2.32. The molecule has 6 nitrogen and oxygen atoms in total. The van der Waals surface area contributed by atoms with E-state index in [1.807, 2.05) is 6.07 Å². The smallest absolute Gasteiger partial charge is 0.339 e. The normalized spacial score (nSPS) is 14.7. The summed E-state index contributed by atoms with van der Waals surface area (Å²) in [6.07, 6.45) is 4.68. The Kier molecular flexibility index (Phi) is 8.75. The van der Waals surface area contributed by atoms with E-state index in [9.17, 15) is 14.7 Å². The zero-order chi connectivity index (χ0) is 23.8. The molecule has 1 aliphatic heterocycles. The van der Waals surface area contributed by atoms with Crippen LogP contribution in [0.2, 0.25) is 0 Å². The molecule has 6 heteroatoms. The molecule has 1 aliphatic rings. The average Bonchev–Trinajstić information content (AvgIpc) is 2.79. The minimum Gasteiger partial charge on any atom is -0.493 e. The van der Waals surface area contributed by atoms with E-state index in [0.717, 1.165) is 30.6 Å². The molecule has 1 atom stereocenters. The summed E-state index contributed by atoms with van der Waals surface area (Å²) in [5.41, 5.74) is 3.22. The van der Waals surface area contributed by atoms with E-state index in [1.54, 1.807) is 19.1 Å². The number of carboxylic acids is 1. The zero-order valence-corrected chi connectivity index (χ0v) is 20.0. The van der Waals surface area contributed by atoms with Crippen LogP contribution in [0.15, 0.2) is 42.5 Å². The summed E-state index contributed by atoms with van der Waals surface area (Å²) in [7, 11) is 0. The Labute approximate surface area is 196 Å². The van der Waals surface area contributed by atoms with Gasteiger partial charge < -0.3 is 20.1 Å². The highest BCUT2D eigenvalue weighted by molar-refractivity contribution is 5.91. The quantitative estimate of drug-likeness (QED) is 0.515. The van der Waals surface area contributed by atoms with Gasteiger partial charge in [-0.15, -0.1) is 0 Å².